The Morgan fingerprint density at radius 2 is 2.09 bits per heavy atom. The number of ether oxygens (including phenoxy) is 1. The number of amides is 1. The summed E-state index contributed by atoms with van der Waals surface area (Å²) < 4.78 is 10.7. The Balaban J connectivity index is 1.64. The highest BCUT2D eigenvalue weighted by molar-refractivity contribution is 5.78. The fourth-order valence-electron chi connectivity index (χ4n) is 2.61. The standard InChI is InChI=1S/C16H27N3O3/c1-3-21-12-10-18-6-8-19(9-7-18)13-16(20)17-14(2)15-5-4-11-22-15/h4-5,11,14H,3,6-10,12-13H2,1-2H3,(H,17,20). The smallest absolute Gasteiger partial charge is 0.234 e. The van der Waals surface area contributed by atoms with E-state index in [1.54, 1.807) is 6.26 Å². The van der Waals surface area contributed by atoms with E-state index in [4.69, 9.17) is 9.15 Å². The van der Waals surface area contributed by atoms with Crippen LogP contribution < -0.4 is 5.32 Å². The maximum atomic E-state index is 12.1. The number of furan rings is 1. The molecule has 1 unspecified atom stereocenters. The molecule has 0 bridgehead atoms. The highest BCUT2D eigenvalue weighted by Crippen LogP contribution is 2.12. The van der Waals surface area contributed by atoms with E-state index in [1.807, 2.05) is 26.0 Å². The van der Waals surface area contributed by atoms with Crippen LogP contribution in [0.2, 0.25) is 0 Å². The normalized spacial score (nSPS) is 18.3. The minimum absolute atomic E-state index is 0.0478. The lowest BCUT2D eigenvalue weighted by Gasteiger charge is -2.34. The number of rotatable bonds is 8. The number of hydrogen-bond donors (Lipinski definition) is 1. The maximum Gasteiger partial charge on any atom is 0.234 e. The zero-order chi connectivity index (χ0) is 15.8. The molecule has 1 aromatic rings. The van der Waals surface area contributed by atoms with E-state index in [0.717, 1.165) is 51.7 Å². The summed E-state index contributed by atoms with van der Waals surface area (Å²) in [6.45, 7) is 10.8. The van der Waals surface area contributed by atoms with Gasteiger partial charge >= 0.3 is 0 Å². The van der Waals surface area contributed by atoms with E-state index in [0.29, 0.717) is 6.54 Å². The first-order chi connectivity index (χ1) is 10.7. The van der Waals surface area contributed by atoms with Gasteiger partial charge in [0.1, 0.15) is 5.76 Å². The van der Waals surface area contributed by atoms with Crippen LogP contribution in [0, 0.1) is 0 Å². The van der Waals surface area contributed by atoms with E-state index in [-0.39, 0.29) is 11.9 Å². The monoisotopic (exact) mass is 309 g/mol. The highest BCUT2D eigenvalue weighted by atomic mass is 16.5. The molecule has 0 aliphatic carbocycles. The maximum absolute atomic E-state index is 12.1. The molecule has 0 saturated carbocycles. The van der Waals surface area contributed by atoms with E-state index in [9.17, 15) is 4.79 Å². The zero-order valence-electron chi connectivity index (χ0n) is 13.6. The molecule has 1 aliphatic heterocycles. The second-order valence-electron chi connectivity index (χ2n) is 5.62. The van der Waals surface area contributed by atoms with E-state index in [1.165, 1.54) is 0 Å². The third kappa shape index (κ3) is 5.44. The predicted octanol–water partition coefficient (Wildman–Crippen LogP) is 1.11. The molecule has 1 amide bonds. The molecule has 124 valence electrons. The van der Waals surface area contributed by atoms with Crippen molar-refractivity contribution in [2.45, 2.75) is 19.9 Å². The van der Waals surface area contributed by atoms with E-state index >= 15 is 0 Å². The molecule has 1 fully saturated rings. The van der Waals surface area contributed by atoms with Crippen molar-refractivity contribution in [3.05, 3.63) is 24.2 Å². The first-order valence-corrected chi connectivity index (χ1v) is 8.04. The summed E-state index contributed by atoms with van der Waals surface area (Å²) in [6.07, 6.45) is 1.62. The molecule has 1 N–H and O–H groups in total. The number of carbonyl (C=O) groups excluding carboxylic acids is 1. The molecule has 0 radical (unpaired) electrons. The van der Waals surface area contributed by atoms with Gasteiger partial charge in [0.05, 0.1) is 25.5 Å². The van der Waals surface area contributed by atoms with Crippen molar-refractivity contribution < 1.29 is 13.9 Å². The van der Waals surface area contributed by atoms with Gasteiger partial charge < -0.3 is 14.5 Å². The van der Waals surface area contributed by atoms with Gasteiger partial charge in [0.2, 0.25) is 5.91 Å². The van der Waals surface area contributed by atoms with Crippen LogP contribution >= 0.6 is 0 Å². The van der Waals surface area contributed by atoms with Crippen molar-refractivity contribution in [1.82, 2.24) is 15.1 Å². The summed E-state index contributed by atoms with van der Waals surface area (Å²) in [7, 11) is 0. The number of carbonyl (C=O) groups is 1. The van der Waals surface area contributed by atoms with E-state index < -0.39 is 0 Å². The van der Waals surface area contributed by atoms with Crippen LogP contribution in [0.3, 0.4) is 0 Å². The molecule has 1 aromatic heterocycles. The van der Waals surface area contributed by atoms with Crippen molar-refractivity contribution in [2.75, 3.05) is 52.5 Å². The van der Waals surface area contributed by atoms with Crippen LogP contribution in [0.5, 0.6) is 0 Å². The van der Waals surface area contributed by atoms with Crippen molar-refractivity contribution in [1.29, 1.82) is 0 Å². The highest BCUT2D eigenvalue weighted by Gasteiger charge is 2.20. The third-order valence-electron chi connectivity index (χ3n) is 3.94. The largest absolute Gasteiger partial charge is 0.467 e. The quantitative estimate of drug-likeness (QED) is 0.729. The van der Waals surface area contributed by atoms with Crippen LogP contribution in [0.25, 0.3) is 0 Å². The second-order valence-corrected chi connectivity index (χ2v) is 5.62. The van der Waals surface area contributed by atoms with Crippen LogP contribution in [0.4, 0.5) is 0 Å². The van der Waals surface area contributed by atoms with Gasteiger partial charge in [-0.1, -0.05) is 0 Å². The number of nitrogens with zero attached hydrogens (tertiary/aromatic N) is 2. The van der Waals surface area contributed by atoms with Gasteiger partial charge in [-0.2, -0.15) is 0 Å². The van der Waals surface area contributed by atoms with Gasteiger partial charge in [0.25, 0.3) is 0 Å². The van der Waals surface area contributed by atoms with Crippen LogP contribution in [-0.4, -0.2) is 68.2 Å². The lowest BCUT2D eigenvalue weighted by Crippen LogP contribution is -2.50. The number of piperazine rings is 1. The fourth-order valence-corrected chi connectivity index (χ4v) is 2.61. The predicted molar refractivity (Wildman–Crippen MR) is 84.6 cm³/mol. The Morgan fingerprint density at radius 1 is 1.36 bits per heavy atom. The summed E-state index contributed by atoms with van der Waals surface area (Å²) in [5, 5.41) is 2.97. The van der Waals surface area contributed by atoms with Crippen molar-refractivity contribution >= 4 is 5.91 Å². The summed E-state index contributed by atoms with van der Waals surface area (Å²) in [5.41, 5.74) is 0. The minimum Gasteiger partial charge on any atom is -0.467 e. The van der Waals surface area contributed by atoms with Gasteiger partial charge in [-0.05, 0) is 26.0 Å². The molecular formula is C16H27N3O3. The Bertz CT molecular complexity index is 428. The van der Waals surface area contributed by atoms with Crippen molar-refractivity contribution in [3.63, 3.8) is 0 Å². The molecule has 2 heterocycles. The van der Waals surface area contributed by atoms with Gasteiger partial charge in [-0.25, -0.2) is 0 Å². The fraction of sp³-hybridized carbons (Fsp3) is 0.688. The van der Waals surface area contributed by atoms with Gasteiger partial charge in [0.15, 0.2) is 0 Å². The van der Waals surface area contributed by atoms with Gasteiger partial charge in [-0.15, -0.1) is 0 Å². The van der Waals surface area contributed by atoms with Gasteiger partial charge in [0, 0.05) is 39.3 Å². The third-order valence-corrected chi connectivity index (χ3v) is 3.94. The average molecular weight is 309 g/mol. The number of nitrogens with one attached hydrogen (secondary N) is 1. The van der Waals surface area contributed by atoms with Crippen molar-refractivity contribution in [2.24, 2.45) is 0 Å². The van der Waals surface area contributed by atoms with Crippen LogP contribution in [-0.2, 0) is 9.53 Å². The molecule has 6 nitrogen and oxygen atoms in total. The molecule has 22 heavy (non-hydrogen) atoms. The van der Waals surface area contributed by atoms with Crippen LogP contribution in [0.15, 0.2) is 22.8 Å². The summed E-state index contributed by atoms with van der Waals surface area (Å²) in [4.78, 5) is 16.7. The molecule has 1 saturated heterocycles. The minimum atomic E-state index is -0.0880. The Kier molecular flexibility index (Phi) is 6.89. The SMILES string of the molecule is CCOCCN1CCN(CC(=O)NC(C)c2ccco2)CC1. The first-order valence-electron chi connectivity index (χ1n) is 8.04. The summed E-state index contributed by atoms with van der Waals surface area (Å²) >= 11 is 0. The van der Waals surface area contributed by atoms with Gasteiger partial charge in [-0.3, -0.25) is 14.6 Å². The van der Waals surface area contributed by atoms with Crippen molar-refractivity contribution in [3.8, 4) is 0 Å². The Hall–Kier alpha value is -1.37. The van der Waals surface area contributed by atoms with E-state index in [2.05, 4.69) is 15.1 Å². The summed E-state index contributed by atoms with van der Waals surface area (Å²) in [6, 6.07) is 3.62. The second kappa shape index (κ2) is 8.92. The molecule has 1 atom stereocenters. The summed E-state index contributed by atoms with van der Waals surface area (Å²) in [5.74, 6) is 0.834. The molecule has 0 spiro atoms. The lowest BCUT2D eigenvalue weighted by molar-refractivity contribution is -0.123. The zero-order valence-corrected chi connectivity index (χ0v) is 13.6. The average Bonchev–Trinajstić information content (AvgIpc) is 3.03. The molecule has 2 rings (SSSR count). The Labute approximate surface area is 132 Å². The molecule has 6 heteroatoms. The Morgan fingerprint density at radius 3 is 2.73 bits per heavy atom. The molecule has 1 aliphatic rings. The molecule has 0 aromatic carbocycles. The lowest BCUT2D eigenvalue weighted by atomic mass is 10.2. The molecular weight excluding hydrogens is 282 g/mol. The topological polar surface area (TPSA) is 58.0 Å². The first kappa shape index (κ1) is 17.0. The number of hydrogen-bond acceptors (Lipinski definition) is 5. The van der Waals surface area contributed by atoms with Crippen LogP contribution in [0.1, 0.15) is 25.6 Å².